The van der Waals surface area contributed by atoms with Gasteiger partial charge in [0.15, 0.2) is 0 Å². The van der Waals surface area contributed by atoms with Gasteiger partial charge in [-0.05, 0) is 43.2 Å². The first-order valence-corrected chi connectivity index (χ1v) is 7.01. The molecule has 0 radical (unpaired) electrons. The Kier molecular flexibility index (Phi) is 4.48. The van der Waals surface area contributed by atoms with Crippen molar-refractivity contribution in [3.8, 4) is 0 Å². The van der Waals surface area contributed by atoms with E-state index in [-0.39, 0.29) is 5.91 Å². The highest BCUT2D eigenvalue weighted by Gasteiger charge is 2.16. The molecular weight excluding hydrogens is 262 g/mol. The summed E-state index contributed by atoms with van der Waals surface area (Å²) in [6, 6.07) is 13.0. The van der Waals surface area contributed by atoms with E-state index in [9.17, 15) is 4.79 Å². The molecule has 0 aliphatic carbocycles. The Morgan fingerprint density at radius 3 is 2.29 bits per heavy atom. The predicted octanol–water partition coefficient (Wildman–Crippen LogP) is 2.82. The Hall–Kier alpha value is -2.49. The topological polar surface area (TPSA) is 72.3 Å². The van der Waals surface area contributed by atoms with Crippen LogP contribution in [0.4, 0.5) is 11.4 Å². The maximum Gasteiger partial charge on any atom is 0.254 e. The summed E-state index contributed by atoms with van der Waals surface area (Å²) in [5.41, 5.74) is 15.4. The average molecular weight is 283 g/mol. The molecule has 0 unspecified atom stereocenters. The number of benzene rings is 2. The Balaban J connectivity index is 2.24. The minimum atomic E-state index is -0.0558. The van der Waals surface area contributed by atoms with Crippen LogP contribution in [-0.4, -0.2) is 17.4 Å². The van der Waals surface area contributed by atoms with Crippen molar-refractivity contribution < 1.29 is 4.79 Å². The van der Waals surface area contributed by atoms with Gasteiger partial charge in [0.1, 0.15) is 0 Å². The summed E-state index contributed by atoms with van der Waals surface area (Å²) in [6.07, 6.45) is 0. The van der Waals surface area contributed by atoms with E-state index in [2.05, 4.69) is 0 Å². The van der Waals surface area contributed by atoms with Gasteiger partial charge < -0.3 is 16.4 Å². The quantitative estimate of drug-likeness (QED) is 0.847. The molecule has 0 saturated carbocycles. The second-order valence-electron chi connectivity index (χ2n) is 5.13. The van der Waals surface area contributed by atoms with Gasteiger partial charge >= 0.3 is 0 Å². The highest BCUT2D eigenvalue weighted by atomic mass is 16.2. The lowest BCUT2D eigenvalue weighted by atomic mass is 10.1. The molecule has 0 aliphatic rings. The normalized spacial score (nSPS) is 10.4. The van der Waals surface area contributed by atoms with E-state index in [0.717, 1.165) is 5.56 Å². The van der Waals surface area contributed by atoms with Gasteiger partial charge in [-0.15, -0.1) is 0 Å². The number of carbonyl (C=O) groups is 1. The van der Waals surface area contributed by atoms with Crippen molar-refractivity contribution in [2.75, 3.05) is 18.0 Å². The molecule has 0 fully saturated rings. The molecule has 21 heavy (non-hydrogen) atoms. The molecule has 2 aromatic rings. The number of amides is 1. The van der Waals surface area contributed by atoms with Crippen LogP contribution in [0.5, 0.6) is 0 Å². The molecule has 0 spiro atoms. The van der Waals surface area contributed by atoms with Crippen LogP contribution in [0, 0.1) is 6.92 Å². The molecule has 4 heteroatoms. The monoisotopic (exact) mass is 283 g/mol. The van der Waals surface area contributed by atoms with Crippen molar-refractivity contribution in [1.29, 1.82) is 0 Å². The van der Waals surface area contributed by atoms with E-state index in [1.54, 1.807) is 23.1 Å². The van der Waals surface area contributed by atoms with Crippen molar-refractivity contribution in [1.82, 2.24) is 4.90 Å². The van der Waals surface area contributed by atoms with Gasteiger partial charge in [0, 0.05) is 30.0 Å². The lowest BCUT2D eigenvalue weighted by Gasteiger charge is -2.22. The summed E-state index contributed by atoms with van der Waals surface area (Å²) < 4.78 is 0. The Labute approximate surface area is 125 Å². The largest absolute Gasteiger partial charge is 0.399 e. The number of hydrogen-bond acceptors (Lipinski definition) is 3. The first-order valence-electron chi connectivity index (χ1n) is 7.01. The van der Waals surface area contributed by atoms with E-state index in [1.807, 2.05) is 38.1 Å². The third kappa shape index (κ3) is 3.54. The van der Waals surface area contributed by atoms with Crippen molar-refractivity contribution in [3.05, 3.63) is 59.2 Å². The Bertz CT molecular complexity index is 632. The maximum absolute atomic E-state index is 12.6. The molecular formula is C17H21N3O. The third-order valence-corrected chi connectivity index (χ3v) is 3.52. The summed E-state index contributed by atoms with van der Waals surface area (Å²) in [4.78, 5) is 14.4. The van der Waals surface area contributed by atoms with Crippen molar-refractivity contribution in [2.24, 2.45) is 0 Å². The van der Waals surface area contributed by atoms with E-state index in [1.165, 1.54) is 5.56 Å². The number of hydrogen-bond donors (Lipinski definition) is 2. The average Bonchev–Trinajstić information content (AvgIpc) is 2.44. The zero-order valence-corrected chi connectivity index (χ0v) is 12.5. The fraction of sp³-hybridized carbons (Fsp3) is 0.235. The summed E-state index contributed by atoms with van der Waals surface area (Å²) >= 11 is 0. The van der Waals surface area contributed by atoms with E-state index in [0.29, 0.717) is 30.0 Å². The fourth-order valence-electron chi connectivity index (χ4n) is 2.30. The zero-order chi connectivity index (χ0) is 15.4. The highest BCUT2D eigenvalue weighted by molar-refractivity contribution is 5.96. The molecule has 0 saturated heterocycles. The van der Waals surface area contributed by atoms with Crippen molar-refractivity contribution >= 4 is 17.3 Å². The van der Waals surface area contributed by atoms with Crippen LogP contribution in [0.3, 0.4) is 0 Å². The molecule has 0 aliphatic heterocycles. The standard InChI is InChI=1S/C17H21N3O/c1-3-20(11-13-7-5-4-6-12(13)2)17(21)14-8-15(18)10-16(19)9-14/h4-10H,3,11,18-19H2,1-2H3. The summed E-state index contributed by atoms with van der Waals surface area (Å²) in [7, 11) is 0. The van der Waals surface area contributed by atoms with Gasteiger partial charge in [-0.1, -0.05) is 24.3 Å². The number of nitrogen functional groups attached to an aromatic ring is 2. The molecule has 4 N–H and O–H groups in total. The van der Waals surface area contributed by atoms with Gasteiger partial charge in [-0.25, -0.2) is 0 Å². The number of anilines is 2. The van der Waals surface area contributed by atoms with E-state index < -0.39 is 0 Å². The number of aryl methyl sites for hydroxylation is 1. The Morgan fingerprint density at radius 1 is 1.10 bits per heavy atom. The van der Waals surface area contributed by atoms with Crippen LogP contribution in [0.2, 0.25) is 0 Å². The van der Waals surface area contributed by atoms with Crippen LogP contribution in [-0.2, 0) is 6.54 Å². The molecule has 0 aromatic heterocycles. The lowest BCUT2D eigenvalue weighted by molar-refractivity contribution is 0.0752. The first-order chi connectivity index (χ1) is 10.0. The third-order valence-electron chi connectivity index (χ3n) is 3.52. The minimum absolute atomic E-state index is 0.0558. The van der Waals surface area contributed by atoms with Crippen molar-refractivity contribution in [3.63, 3.8) is 0 Å². The number of nitrogens with zero attached hydrogens (tertiary/aromatic N) is 1. The van der Waals surface area contributed by atoms with Gasteiger partial charge in [-0.2, -0.15) is 0 Å². The van der Waals surface area contributed by atoms with E-state index >= 15 is 0 Å². The second kappa shape index (κ2) is 6.31. The fourth-order valence-corrected chi connectivity index (χ4v) is 2.30. The molecule has 110 valence electrons. The molecule has 2 aromatic carbocycles. The molecule has 0 heterocycles. The first kappa shape index (κ1) is 14.9. The maximum atomic E-state index is 12.6. The lowest BCUT2D eigenvalue weighted by Crippen LogP contribution is -2.30. The van der Waals surface area contributed by atoms with E-state index in [4.69, 9.17) is 11.5 Å². The van der Waals surface area contributed by atoms with Crippen molar-refractivity contribution in [2.45, 2.75) is 20.4 Å². The SMILES string of the molecule is CCN(Cc1ccccc1C)C(=O)c1cc(N)cc(N)c1. The molecule has 1 amide bonds. The van der Waals surface area contributed by atoms with Crippen LogP contribution in [0.15, 0.2) is 42.5 Å². The molecule has 2 rings (SSSR count). The molecule has 4 nitrogen and oxygen atoms in total. The van der Waals surface area contributed by atoms with Gasteiger partial charge in [0.2, 0.25) is 0 Å². The number of nitrogens with two attached hydrogens (primary N) is 2. The number of carbonyl (C=O) groups excluding carboxylic acids is 1. The number of rotatable bonds is 4. The summed E-state index contributed by atoms with van der Waals surface area (Å²) in [5.74, 6) is -0.0558. The molecule has 0 bridgehead atoms. The van der Waals surface area contributed by atoms with Gasteiger partial charge in [0.25, 0.3) is 5.91 Å². The van der Waals surface area contributed by atoms with Gasteiger partial charge in [0.05, 0.1) is 0 Å². The predicted molar refractivity (Wildman–Crippen MR) is 86.9 cm³/mol. The summed E-state index contributed by atoms with van der Waals surface area (Å²) in [5, 5.41) is 0. The van der Waals surface area contributed by atoms with Gasteiger partial charge in [-0.3, -0.25) is 4.79 Å². The van der Waals surface area contributed by atoms with Crippen LogP contribution in [0.25, 0.3) is 0 Å². The zero-order valence-electron chi connectivity index (χ0n) is 12.5. The highest BCUT2D eigenvalue weighted by Crippen LogP contribution is 2.17. The minimum Gasteiger partial charge on any atom is -0.399 e. The second-order valence-corrected chi connectivity index (χ2v) is 5.13. The Morgan fingerprint density at radius 2 is 1.71 bits per heavy atom. The summed E-state index contributed by atoms with van der Waals surface area (Å²) in [6.45, 7) is 5.22. The molecule has 0 atom stereocenters. The van der Waals surface area contributed by atoms with Crippen LogP contribution in [0.1, 0.15) is 28.4 Å². The van der Waals surface area contributed by atoms with Crippen LogP contribution < -0.4 is 11.5 Å². The van der Waals surface area contributed by atoms with Crippen LogP contribution >= 0.6 is 0 Å². The smallest absolute Gasteiger partial charge is 0.254 e.